The lowest BCUT2D eigenvalue weighted by molar-refractivity contribution is -0.385. The number of primary sulfonamides is 1. The summed E-state index contributed by atoms with van der Waals surface area (Å²) in [4.78, 5) is 21.1. The minimum absolute atomic E-state index is 0.0755. The van der Waals surface area contributed by atoms with Crippen LogP contribution in [0, 0.1) is 10.1 Å². The van der Waals surface area contributed by atoms with Gasteiger partial charge in [0, 0.05) is 11.6 Å². The standard InChI is InChI=1S/C16H16N2O6S/c17-25(23,24)15-10-12(16(19)20)9-14(18(21)22)13(15)8-4-7-11-5-2-1-3-6-11/h1-3,5-6,9-10H,4,7-8H2,(H,19,20)(H2,17,23,24). The molecule has 0 aliphatic rings. The van der Waals surface area contributed by atoms with Crippen molar-refractivity contribution in [1.82, 2.24) is 0 Å². The molecule has 0 unspecified atom stereocenters. The molecule has 0 bridgehead atoms. The van der Waals surface area contributed by atoms with Crippen LogP contribution in [0.4, 0.5) is 5.69 Å². The van der Waals surface area contributed by atoms with E-state index < -0.39 is 37.1 Å². The maximum absolute atomic E-state index is 11.8. The van der Waals surface area contributed by atoms with Gasteiger partial charge in [0.2, 0.25) is 10.0 Å². The summed E-state index contributed by atoms with van der Waals surface area (Å²) < 4.78 is 23.6. The summed E-state index contributed by atoms with van der Waals surface area (Å²) in [6.07, 6.45) is 1.11. The number of carbonyl (C=O) groups is 1. The number of nitrogens with zero attached hydrogens (tertiary/aromatic N) is 1. The Bertz CT molecular complexity index is 910. The van der Waals surface area contributed by atoms with Gasteiger partial charge in [-0.15, -0.1) is 0 Å². The molecule has 8 nitrogen and oxygen atoms in total. The lowest BCUT2D eigenvalue weighted by atomic mass is 10.0. The number of hydrogen-bond donors (Lipinski definition) is 2. The van der Waals surface area contributed by atoms with Gasteiger partial charge in [0.1, 0.15) is 0 Å². The number of sulfonamides is 1. The molecular formula is C16H16N2O6S. The number of carboxylic acid groups (broad SMARTS) is 1. The van der Waals surface area contributed by atoms with Crippen LogP contribution in [-0.2, 0) is 22.9 Å². The van der Waals surface area contributed by atoms with Crippen LogP contribution in [-0.4, -0.2) is 24.4 Å². The van der Waals surface area contributed by atoms with E-state index in [1.54, 1.807) is 0 Å². The van der Waals surface area contributed by atoms with Crippen LogP contribution >= 0.6 is 0 Å². The molecule has 0 fully saturated rings. The van der Waals surface area contributed by atoms with Gasteiger partial charge in [-0.25, -0.2) is 18.4 Å². The number of nitro groups is 1. The predicted molar refractivity (Wildman–Crippen MR) is 89.9 cm³/mol. The number of rotatable bonds is 7. The van der Waals surface area contributed by atoms with E-state index >= 15 is 0 Å². The molecule has 0 aromatic heterocycles. The molecule has 2 rings (SSSR count). The zero-order valence-electron chi connectivity index (χ0n) is 13.1. The van der Waals surface area contributed by atoms with Crippen LogP contribution < -0.4 is 5.14 Å². The van der Waals surface area contributed by atoms with E-state index in [-0.39, 0.29) is 12.0 Å². The van der Waals surface area contributed by atoms with Crippen LogP contribution in [0.15, 0.2) is 47.4 Å². The summed E-state index contributed by atoms with van der Waals surface area (Å²) in [5.74, 6) is -1.47. The molecule has 0 aliphatic carbocycles. The smallest absolute Gasteiger partial charge is 0.335 e. The molecule has 2 aromatic rings. The third-order valence-electron chi connectivity index (χ3n) is 3.67. The molecule has 0 spiro atoms. The number of benzene rings is 2. The molecule has 9 heteroatoms. The lowest BCUT2D eigenvalue weighted by Gasteiger charge is -2.10. The molecule has 0 heterocycles. The van der Waals surface area contributed by atoms with Gasteiger partial charge in [0.25, 0.3) is 5.69 Å². The van der Waals surface area contributed by atoms with Gasteiger partial charge in [-0.05, 0) is 30.9 Å². The lowest BCUT2D eigenvalue weighted by Crippen LogP contribution is -2.17. The van der Waals surface area contributed by atoms with E-state index in [1.807, 2.05) is 30.3 Å². The molecule has 0 aliphatic heterocycles. The van der Waals surface area contributed by atoms with E-state index in [0.717, 1.165) is 17.7 Å². The highest BCUT2D eigenvalue weighted by Crippen LogP contribution is 2.29. The first-order chi connectivity index (χ1) is 11.7. The first kappa shape index (κ1) is 18.6. The first-order valence-electron chi connectivity index (χ1n) is 7.31. The Hall–Kier alpha value is -2.78. The number of aromatic carboxylic acids is 1. The van der Waals surface area contributed by atoms with Gasteiger partial charge in [0.15, 0.2) is 0 Å². The van der Waals surface area contributed by atoms with Gasteiger partial charge in [-0.3, -0.25) is 10.1 Å². The predicted octanol–water partition coefficient (Wildman–Crippen LogP) is 2.12. The SMILES string of the molecule is NS(=O)(=O)c1cc(C(=O)O)cc([N+](=O)[O-])c1CCCc1ccccc1. The van der Waals surface area contributed by atoms with E-state index in [0.29, 0.717) is 12.8 Å². The third kappa shape index (κ3) is 4.61. The fraction of sp³-hybridized carbons (Fsp3) is 0.188. The largest absolute Gasteiger partial charge is 0.478 e. The van der Waals surface area contributed by atoms with Gasteiger partial charge in [0.05, 0.1) is 15.4 Å². The Labute approximate surface area is 144 Å². The number of carboxylic acids is 1. The Morgan fingerprint density at radius 2 is 1.80 bits per heavy atom. The fourth-order valence-electron chi connectivity index (χ4n) is 2.54. The summed E-state index contributed by atoms with van der Waals surface area (Å²) in [6.45, 7) is 0. The molecule has 2 aromatic carbocycles. The molecule has 0 atom stereocenters. The van der Waals surface area contributed by atoms with Gasteiger partial charge < -0.3 is 5.11 Å². The zero-order chi connectivity index (χ0) is 18.6. The number of nitrogens with two attached hydrogens (primary N) is 1. The van der Waals surface area contributed by atoms with E-state index in [9.17, 15) is 23.3 Å². The summed E-state index contributed by atoms with van der Waals surface area (Å²) in [7, 11) is -4.31. The first-order valence-corrected chi connectivity index (χ1v) is 8.86. The van der Waals surface area contributed by atoms with Crippen LogP contribution in [0.5, 0.6) is 0 Å². The topological polar surface area (TPSA) is 141 Å². The molecule has 3 N–H and O–H groups in total. The number of aryl methyl sites for hydroxylation is 1. The van der Waals surface area contributed by atoms with Crippen LogP contribution in [0.3, 0.4) is 0 Å². The normalized spacial score (nSPS) is 11.2. The van der Waals surface area contributed by atoms with Crippen molar-refractivity contribution in [2.45, 2.75) is 24.2 Å². The van der Waals surface area contributed by atoms with Crippen LogP contribution in [0.25, 0.3) is 0 Å². The Balaban J connectivity index is 2.43. The van der Waals surface area contributed by atoms with Crippen molar-refractivity contribution < 1.29 is 23.2 Å². The van der Waals surface area contributed by atoms with E-state index in [1.165, 1.54) is 0 Å². The molecule has 0 radical (unpaired) electrons. The average Bonchev–Trinajstić information content (AvgIpc) is 2.54. The highest BCUT2D eigenvalue weighted by molar-refractivity contribution is 7.89. The number of hydrogen-bond acceptors (Lipinski definition) is 5. The summed E-state index contributed by atoms with van der Waals surface area (Å²) in [5.41, 5.74) is -0.127. The highest BCUT2D eigenvalue weighted by atomic mass is 32.2. The second-order valence-electron chi connectivity index (χ2n) is 5.42. The van der Waals surface area contributed by atoms with Crippen molar-refractivity contribution in [1.29, 1.82) is 0 Å². The minimum Gasteiger partial charge on any atom is -0.478 e. The van der Waals surface area contributed by atoms with Gasteiger partial charge in [-0.2, -0.15) is 0 Å². The Morgan fingerprint density at radius 1 is 1.16 bits per heavy atom. The third-order valence-corrected chi connectivity index (χ3v) is 4.65. The van der Waals surface area contributed by atoms with Crippen molar-refractivity contribution in [3.63, 3.8) is 0 Å². The molecule has 132 valence electrons. The van der Waals surface area contributed by atoms with Crippen molar-refractivity contribution in [2.75, 3.05) is 0 Å². The Morgan fingerprint density at radius 3 is 2.32 bits per heavy atom. The highest BCUT2D eigenvalue weighted by Gasteiger charge is 2.26. The molecule has 0 saturated heterocycles. The second kappa shape index (κ2) is 7.41. The van der Waals surface area contributed by atoms with Crippen molar-refractivity contribution in [3.8, 4) is 0 Å². The molecule has 0 saturated carbocycles. The van der Waals surface area contributed by atoms with Crippen LogP contribution in [0.1, 0.15) is 27.9 Å². The average molecular weight is 364 g/mol. The minimum atomic E-state index is -4.31. The van der Waals surface area contributed by atoms with Crippen LogP contribution in [0.2, 0.25) is 0 Å². The molecule has 25 heavy (non-hydrogen) atoms. The quantitative estimate of drug-likeness (QED) is 0.569. The maximum Gasteiger partial charge on any atom is 0.335 e. The summed E-state index contributed by atoms with van der Waals surface area (Å²) in [6, 6.07) is 11.1. The van der Waals surface area contributed by atoms with Gasteiger partial charge in [-0.1, -0.05) is 30.3 Å². The summed E-state index contributed by atoms with van der Waals surface area (Å²) >= 11 is 0. The Kier molecular flexibility index (Phi) is 5.50. The monoisotopic (exact) mass is 364 g/mol. The maximum atomic E-state index is 11.8. The molecule has 0 amide bonds. The zero-order valence-corrected chi connectivity index (χ0v) is 13.9. The van der Waals surface area contributed by atoms with E-state index in [4.69, 9.17) is 10.2 Å². The van der Waals surface area contributed by atoms with Crippen molar-refractivity contribution >= 4 is 21.7 Å². The summed E-state index contributed by atoms with van der Waals surface area (Å²) in [5, 5.41) is 25.5. The fourth-order valence-corrected chi connectivity index (χ4v) is 3.38. The van der Waals surface area contributed by atoms with Crippen molar-refractivity contribution in [3.05, 3.63) is 69.3 Å². The van der Waals surface area contributed by atoms with E-state index in [2.05, 4.69) is 0 Å². The van der Waals surface area contributed by atoms with Gasteiger partial charge >= 0.3 is 5.97 Å². The second-order valence-corrected chi connectivity index (χ2v) is 6.95. The molecular weight excluding hydrogens is 348 g/mol. The number of nitro benzene ring substituents is 1. The van der Waals surface area contributed by atoms with Crippen molar-refractivity contribution in [2.24, 2.45) is 5.14 Å².